The number of rotatable bonds is 3. The molecule has 1 atom stereocenters. The van der Waals surface area contributed by atoms with Crippen molar-refractivity contribution >= 4 is 27.3 Å². The molecule has 0 saturated carbocycles. The maximum absolute atomic E-state index is 11.5. The van der Waals surface area contributed by atoms with Gasteiger partial charge < -0.3 is 4.74 Å². The molecule has 1 unspecified atom stereocenters. The number of methoxy groups -OCH3 is 1. The fraction of sp³-hybridized carbons (Fsp3) is 0.308. The number of fused-ring (bicyclic) bond motifs is 1. The molecule has 1 aromatic carbocycles. The molecule has 0 heterocycles. The van der Waals surface area contributed by atoms with Crippen molar-refractivity contribution in [2.45, 2.75) is 12.8 Å². The minimum Gasteiger partial charge on any atom is -0.384 e. The Kier molecular flexibility index (Phi) is 3.26. The van der Waals surface area contributed by atoms with Gasteiger partial charge in [-0.25, -0.2) is 0 Å². The van der Waals surface area contributed by atoms with Crippen LogP contribution in [0.4, 0.5) is 0 Å². The molecule has 16 heavy (non-hydrogen) atoms. The Labute approximate surface area is 103 Å². The third-order valence-electron chi connectivity index (χ3n) is 2.80. The average molecular weight is 281 g/mol. The summed E-state index contributed by atoms with van der Waals surface area (Å²) in [6.45, 7) is 2.22. The van der Waals surface area contributed by atoms with Gasteiger partial charge in [-0.2, -0.15) is 0 Å². The maximum atomic E-state index is 11.5. The number of benzene rings is 1. The molecule has 84 valence electrons. The van der Waals surface area contributed by atoms with Gasteiger partial charge in [0.1, 0.15) is 0 Å². The van der Waals surface area contributed by atoms with E-state index in [2.05, 4.69) is 22.0 Å². The van der Waals surface area contributed by atoms with E-state index < -0.39 is 0 Å². The first-order valence-electron chi connectivity index (χ1n) is 5.15. The van der Waals surface area contributed by atoms with Gasteiger partial charge in [0.05, 0.1) is 6.61 Å². The summed E-state index contributed by atoms with van der Waals surface area (Å²) < 4.78 is 6.17. The quantitative estimate of drug-likeness (QED) is 0.850. The predicted octanol–water partition coefficient (Wildman–Crippen LogP) is 3.17. The van der Waals surface area contributed by atoms with Crippen LogP contribution < -0.4 is 0 Å². The van der Waals surface area contributed by atoms with Crippen LogP contribution in [0.3, 0.4) is 0 Å². The molecule has 0 spiro atoms. The number of carbonyl (C=O) groups is 1. The zero-order valence-corrected chi connectivity index (χ0v) is 10.9. The standard InChI is InChI=1S/C13H13BrO2/c1-8(15)12-5-9(7-16-2)11-4-3-10(14)6-13(11)12/h3-6,9H,7H2,1-2H3. The van der Waals surface area contributed by atoms with Crippen molar-refractivity contribution in [3.63, 3.8) is 0 Å². The second kappa shape index (κ2) is 4.52. The number of Topliss-reactive ketones (excluding diaryl/α,β-unsaturated/α-hetero) is 1. The lowest BCUT2D eigenvalue weighted by Crippen LogP contribution is -2.01. The largest absolute Gasteiger partial charge is 0.384 e. The van der Waals surface area contributed by atoms with Crippen molar-refractivity contribution in [2.75, 3.05) is 13.7 Å². The van der Waals surface area contributed by atoms with Crippen molar-refractivity contribution < 1.29 is 9.53 Å². The maximum Gasteiger partial charge on any atom is 0.160 e. The van der Waals surface area contributed by atoms with Gasteiger partial charge in [-0.05, 0) is 30.2 Å². The van der Waals surface area contributed by atoms with E-state index in [-0.39, 0.29) is 11.7 Å². The van der Waals surface area contributed by atoms with Crippen LogP contribution in [0.15, 0.2) is 28.7 Å². The van der Waals surface area contributed by atoms with Crippen molar-refractivity contribution in [3.05, 3.63) is 39.9 Å². The molecule has 1 aromatic rings. The number of carbonyl (C=O) groups excluding carboxylic acids is 1. The van der Waals surface area contributed by atoms with Gasteiger partial charge in [0.25, 0.3) is 0 Å². The molecule has 1 aliphatic carbocycles. The number of halogens is 1. The fourth-order valence-corrected chi connectivity index (χ4v) is 2.45. The smallest absolute Gasteiger partial charge is 0.160 e. The van der Waals surface area contributed by atoms with Gasteiger partial charge >= 0.3 is 0 Å². The average Bonchev–Trinajstić information content (AvgIpc) is 2.57. The second-order valence-corrected chi connectivity index (χ2v) is 4.85. The van der Waals surface area contributed by atoms with E-state index in [1.807, 2.05) is 18.2 Å². The van der Waals surface area contributed by atoms with E-state index in [0.29, 0.717) is 6.61 Å². The number of hydrogen-bond donors (Lipinski definition) is 0. The van der Waals surface area contributed by atoms with Gasteiger partial charge in [0.15, 0.2) is 5.78 Å². The zero-order valence-electron chi connectivity index (χ0n) is 9.29. The minimum absolute atomic E-state index is 0.109. The third kappa shape index (κ3) is 1.97. The van der Waals surface area contributed by atoms with Crippen LogP contribution in [0, 0.1) is 0 Å². The molecule has 0 bridgehead atoms. The van der Waals surface area contributed by atoms with Crippen molar-refractivity contribution in [3.8, 4) is 0 Å². The summed E-state index contributed by atoms with van der Waals surface area (Å²) in [7, 11) is 1.68. The zero-order chi connectivity index (χ0) is 11.7. The van der Waals surface area contributed by atoms with Gasteiger partial charge in [-0.1, -0.05) is 28.1 Å². The van der Waals surface area contributed by atoms with Crippen LogP contribution in [-0.4, -0.2) is 19.5 Å². The Morgan fingerprint density at radius 1 is 1.50 bits per heavy atom. The van der Waals surface area contributed by atoms with Crippen LogP contribution in [-0.2, 0) is 9.53 Å². The van der Waals surface area contributed by atoms with E-state index in [1.165, 1.54) is 5.56 Å². The molecular formula is C13H13BrO2. The fourth-order valence-electron chi connectivity index (χ4n) is 2.09. The third-order valence-corrected chi connectivity index (χ3v) is 3.29. The Bertz CT molecular complexity index is 463. The lowest BCUT2D eigenvalue weighted by molar-refractivity contribution is -0.111. The van der Waals surface area contributed by atoms with Crippen molar-refractivity contribution in [1.29, 1.82) is 0 Å². The summed E-state index contributed by atoms with van der Waals surface area (Å²) in [6.07, 6.45) is 2.00. The summed E-state index contributed by atoms with van der Waals surface area (Å²) in [5.41, 5.74) is 3.01. The van der Waals surface area contributed by atoms with Crippen molar-refractivity contribution in [1.82, 2.24) is 0 Å². The van der Waals surface area contributed by atoms with E-state index in [4.69, 9.17) is 4.74 Å². The van der Waals surface area contributed by atoms with Crippen LogP contribution in [0.1, 0.15) is 24.0 Å². The second-order valence-electron chi connectivity index (χ2n) is 3.93. The molecule has 0 aliphatic heterocycles. The van der Waals surface area contributed by atoms with E-state index in [0.717, 1.165) is 15.6 Å². The molecule has 1 aliphatic rings. The number of hydrogen-bond acceptors (Lipinski definition) is 2. The first kappa shape index (κ1) is 11.6. The summed E-state index contributed by atoms with van der Waals surface area (Å²) in [6, 6.07) is 6.05. The highest BCUT2D eigenvalue weighted by Gasteiger charge is 2.25. The van der Waals surface area contributed by atoms with Gasteiger partial charge in [-0.3, -0.25) is 4.79 Å². The normalized spacial score (nSPS) is 18.2. The van der Waals surface area contributed by atoms with E-state index >= 15 is 0 Å². The van der Waals surface area contributed by atoms with E-state index in [9.17, 15) is 4.79 Å². The molecule has 0 radical (unpaired) electrons. The molecule has 0 fully saturated rings. The first-order valence-corrected chi connectivity index (χ1v) is 5.94. The molecule has 0 saturated heterocycles. The van der Waals surface area contributed by atoms with Gasteiger partial charge in [0.2, 0.25) is 0 Å². The summed E-state index contributed by atoms with van der Waals surface area (Å²) in [5.74, 6) is 0.310. The number of ketones is 1. The monoisotopic (exact) mass is 280 g/mol. The highest BCUT2D eigenvalue weighted by Crippen LogP contribution is 2.37. The molecule has 0 amide bonds. The van der Waals surface area contributed by atoms with Crippen molar-refractivity contribution in [2.24, 2.45) is 0 Å². The molecule has 2 rings (SSSR count). The SMILES string of the molecule is COCC1C=C(C(C)=O)c2cc(Br)ccc21. The molecular weight excluding hydrogens is 268 g/mol. The molecule has 3 heteroatoms. The van der Waals surface area contributed by atoms with E-state index in [1.54, 1.807) is 14.0 Å². The molecule has 2 nitrogen and oxygen atoms in total. The molecule has 0 N–H and O–H groups in total. The van der Waals surface area contributed by atoms with Gasteiger partial charge in [0, 0.05) is 23.1 Å². The predicted molar refractivity (Wildman–Crippen MR) is 67.4 cm³/mol. The first-order chi connectivity index (χ1) is 7.63. The Morgan fingerprint density at radius 3 is 2.88 bits per heavy atom. The lowest BCUT2D eigenvalue weighted by atomic mass is 10.0. The van der Waals surface area contributed by atoms with Crippen LogP contribution in [0.2, 0.25) is 0 Å². The Morgan fingerprint density at radius 2 is 2.25 bits per heavy atom. The highest BCUT2D eigenvalue weighted by atomic mass is 79.9. The van der Waals surface area contributed by atoms with Gasteiger partial charge in [-0.15, -0.1) is 0 Å². The highest BCUT2D eigenvalue weighted by molar-refractivity contribution is 9.10. The summed E-state index contributed by atoms with van der Waals surface area (Å²) in [4.78, 5) is 11.5. The summed E-state index contributed by atoms with van der Waals surface area (Å²) >= 11 is 3.43. The minimum atomic E-state index is 0.109. The topological polar surface area (TPSA) is 26.3 Å². The Balaban J connectivity index is 2.48. The number of ether oxygens (including phenoxy) is 1. The molecule has 0 aromatic heterocycles. The summed E-state index contributed by atoms with van der Waals surface area (Å²) in [5, 5.41) is 0. The van der Waals surface area contributed by atoms with Crippen LogP contribution in [0.25, 0.3) is 5.57 Å². The van der Waals surface area contributed by atoms with Crippen LogP contribution >= 0.6 is 15.9 Å². The van der Waals surface area contributed by atoms with Crippen LogP contribution in [0.5, 0.6) is 0 Å². The number of allylic oxidation sites excluding steroid dienone is 1. The lowest BCUT2D eigenvalue weighted by Gasteiger charge is -2.09. The Hall–Kier alpha value is -0.930.